The maximum atomic E-state index is 3.63. The molecule has 0 spiro atoms. The van der Waals surface area contributed by atoms with E-state index in [4.69, 9.17) is 0 Å². The van der Waals surface area contributed by atoms with Crippen molar-refractivity contribution in [2.45, 2.75) is 55.4 Å². The molecule has 0 saturated heterocycles. The molecule has 0 heteroatoms. The van der Waals surface area contributed by atoms with Crippen LogP contribution in [0.1, 0.15) is 55.4 Å². The van der Waals surface area contributed by atoms with E-state index in [2.05, 4.69) is 68.0 Å². The molecule has 0 aliphatic rings. The molecule has 0 aromatic rings. The van der Waals surface area contributed by atoms with Gasteiger partial charge in [0, 0.05) is 0 Å². The van der Waals surface area contributed by atoms with Crippen molar-refractivity contribution >= 4 is 0 Å². The van der Waals surface area contributed by atoms with Crippen molar-refractivity contribution in [2.24, 2.45) is 10.8 Å². The normalized spacial score (nSPS) is 11.1. The van der Waals surface area contributed by atoms with Crippen LogP contribution in [0.15, 0.2) is 24.3 Å². The summed E-state index contributed by atoms with van der Waals surface area (Å²) in [7, 11) is 0. The Hall–Kier alpha value is -0.520. The van der Waals surface area contributed by atoms with Gasteiger partial charge in [-0.1, -0.05) is 59.3 Å². The maximum absolute atomic E-state index is 3.63. The lowest BCUT2D eigenvalue weighted by Crippen LogP contribution is -1.99. The molecule has 0 aliphatic heterocycles. The summed E-state index contributed by atoms with van der Waals surface area (Å²) in [4.78, 5) is 0. The van der Waals surface area contributed by atoms with Crippen LogP contribution < -0.4 is 0 Å². The van der Waals surface area contributed by atoms with Gasteiger partial charge in [-0.25, -0.2) is 0 Å². The molecule has 0 bridgehead atoms. The van der Waals surface area contributed by atoms with Crippen molar-refractivity contribution < 1.29 is 0 Å². The summed E-state index contributed by atoms with van der Waals surface area (Å²) in [6.07, 6.45) is 4.21. The second-order valence-corrected chi connectivity index (χ2v) is 6.16. The first-order valence-corrected chi connectivity index (χ1v) is 5.27. The SMILES string of the molecule is C=CC(C)(C)C.CC(C)=CC(C)(C)C. The second kappa shape index (κ2) is 6.06. The summed E-state index contributed by atoms with van der Waals surface area (Å²) in [5, 5.41) is 0. The Morgan fingerprint density at radius 2 is 1.14 bits per heavy atom. The van der Waals surface area contributed by atoms with Crippen molar-refractivity contribution in [3.05, 3.63) is 24.3 Å². The second-order valence-electron chi connectivity index (χ2n) is 6.16. The Morgan fingerprint density at radius 1 is 0.857 bits per heavy atom. The molecule has 0 nitrogen and oxygen atoms in total. The third-order valence-electron chi connectivity index (χ3n) is 1.33. The van der Waals surface area contributed by atoms with Crippen molar-refractivity contribution in [2.75, 3.05) is 0 Å². The van der Waals surface area contributed by atoms with Crippen molar-refractivity contribution in [1.29, 1.82) is 0 Å². The summed E-state index contributed by atoms with van der Waals surface area (Å²) in [6.45, 7) is 20.9. The zero-order chi connectivity index (χ0) is 12.0. The standard InChI is InChI=1S/C8H16.C6H12/c1-7(2)6-8(3,4)5;1-5-6(2,3)4/h6H,1-5H3;5H,1H2,2-4H3. The van der Waals surface area contributed by atoms with Gasteiger partial charge in [-0.3, -0.25) is 0 Å². The third kappa shape index (κ3) is 22.5. The van der Waals surface area contributed by atoms with Gasteiger partial charge in [-0.2, -0.15) is 0 Å². The minimum atomic E-state index is 0.306. The van der Waals surface area contributed by atoms with Gasteiger partial charge in [0.2, 0.25) is 0 Å². The lowest BCUT2D eigenvalue weighted by molar-refractivity contribution is 0.540. The molecule has 0 aromatic carbocycles. The predicted octanol–water partition coefficient (Wildman–Crippen LogP) is 5.22. The molecular weight excluding hydrogens is 168 g/mol. The van der Waals surface area contributed by atoms with Gasteiger partial charge in [0.1, 0.15) is 0 Å². The summed E-state index contributed by atoms with van der Waals surface area (Å²) in [6, 6.07) is 0. The quantitative estimate of drug-likeness (QED) is 0.466. The molecular formula is C14H28. The van der Waals surface area contributed by atoms with Crippen LogP contribution in [0.5, 0.6) is 0 Å². The minimum Gasteiger partial charge on any atom is -0.103 e. The fourth-order valence-electron chi connectivity index (χ4n) is 0.866. The van der Waals surface area contributed by atoms with E-state index in [9.17, 15) is 0 Å². The van der Waals surface area contributed by atoms with Crippen LogP contribution in [0.3, 0.4) is 0 Å². The lowest BCUT2D eigenvalue weighted by atomic mass is 9.94. The van der Waals surface area contributed by atoms with Crippen molar-refractivity contribution in [3.8, 4) is 0 Å². The number of allylic oxidation sites excluding steroid dienone is 3. The van der Waals surface area contributed by atoms with Crippen LogP contribution in [0.25, 0.3) is 0 Å². The van der Waals surface area contributed by atoms with Crippen LogP contribution in [0, 0.1) is 10.8 Å². The highest BCUT2D eigenvalue weighted by Gasteiger charge is 2.03. The summed E-state index contributed by atoms with van der Waals surface area (Å²) in [5.74, 6) is 0. The number of rotatable bonds is 0. The molecule has 0 unspecified atom stereocenters. The van der Waals surface area contributed by atoms with Gasteiger partial charge < -0.3 is 0 Å². The molecule has 0 fully saturated rings. The van der Waals surface area contributed by atoms with E-state index in [1.807, 2.05) is 6.08 Å². The predicted molar refractivity (Wildman–Crippen MR) is 68.5 cm³/mol. The molecule has 0 heterocycles. The molecule has 84 valence electrons. The molecule has 0 amide bonds. The van der Waals surface area contributed by atoms with E-state index in [1.165, 1.54) is 5.57 Å². The molecule has 0 radical (unpaired) electrons. The molecule has 0 aromatic heterocycles. The topological polar surface area (TPSA) is 0 Å². The Kier molecular flexibility index (Phi) is 6.89. The van der Waals surface area contributed by atoms with E-state index in [-0.39, 0.29) is 0 Å². The molecule has 0 rings (SSSR count). The van der Waals surface area contributed by atoms with Crippen LogP contribution in [-0.2, 0) is 0 Å². The van der Waals surface area contributed by atoms with Crippen LogP contribution in [0.2, 0.25) is 0 Å². The smallest absolute Gasteiger partial charge is 0.0201 e. The fraction of sp³-hybridized carbons (Fsp3) is 0.714. The molecule has 0 atom stereocenters. The summed E-state index contributed by atoms with van der Waals surface area (Å²) < 4.78 is 0. The largest absolute Gasteiger partial charge is 0.103 e. The average molecular weight is 196 g/mol. The molecule has 14 heavy (non-hydrogen) atoms. The summed E-state index contributed by atoms with van der Waals surface area (Å²) >= 11 is 0. The first-order valence-electron chi connectivity index (χ1n) is 5.27. The van der Waals surface area contributed by atoms with Crippen molar-refractivity contribution in [1.82, 2.24) is 0 Å². The van der Waals surface area contributed by atoms with Crippen molar-refractivity contribution in [3.63, 3.8) is 0 Å². The van der Waals surface area contributed by atoms with E-state index >= 15 is 0 Å². The third-order valence-corrected chi connectivity index (χ3v) is 1.33. The van der Waals surface area contributed by atoms with E-state index in [0.29, 0.717) is 10.8 Å². The van der Waals surface area contributed by atoms with Gasteiger partial charge in [-0.15, -0.1) is 6.58 Å². The first kappa shape index (κ1) is 15.9. The highest BCUT2D eigenvalue weighted by Crippen LogP contribution is 2.16. The molecule has 0 N–H and O–H groups in total. The van der Waals surface area contributed by atoms with Crippen LogP contribution >= 0.6 is 0 Å². The fourth-order valence-corrected chi connectivity index (χ4v) is 0.866. The minimum absolute atomic E-state index is 0.306. The van der Waals surface area contributed by atoms with Gasteiger partial charge >= 0.3 is 0 Å². The monoisotopic (exact) mass is 196 g/mol. The highest BCUT2D eigenvalue weighted by atomic mass is 14.1. The Balaban J connectivity index is 0. The maximum Gasteiger partial charge on any atom is -0.0201 e. The van der Waals surface area contributed by atoms with E-state index in [1.54, 1.807) is 0 Å². The average Bonchev–Trinajstić information content (AvgIpc) is 1.81. The lowest BCUT2D eigenvalue weighted by Gasteiger charge is -2.11. The zero-order valence-corrected chi connectivity index (χ0v) is 11.4. The summed E-state index contributed by atoms with van der Waals surface area (Å²) in [5.41, 5.74) is 2.07. The van der Waals surface area contributed by atoms with Gasteiger partial charge in [0.15, 0.2) is 0 Å². The van der Waals surface area contributed by atoms with Gasteiger partial charge in [0.25, 0.3) is 0 Å². The Labute approximate surface area is 91.1 Å². The van der Waals surface area contributed by atoms with E-state index in [0.717, 1.165) is 0 Å². The van der Waals surface area contributed by atoms with Crippen LogP contribution in [0.4, 0.5) is 0 Å². The number of hydrogen-bond donors (Lipinski definition) is 0. The van der Waals surface area contributed by atoms with Gasteiger partial charge in [-0.05, 0) is 24.7 Å². The van der Waals surface area contributed by atoms with Gasteiger partial charge in [0.05, 0.1) is 0 Å². The highest BCUT2D eigenvalue weighted by molar-refractivity contribution is 5.00. The number of hydrogen-bond acceptors (Lipinski definition) is 0. The molecule has 0 aliphatic carbocycles. The van der Waals surface area contributed by atoms with E-state index < -0.39 is 0 Å². The Morgan fingerprint density at radius 3 is 1.14 bits per heavy atom. The Bertz CT molecular complexity index is 177. The zero-order valence-electron chi connectivity index (χ0n) is 11.4. The van der Waals surface area contributed by atoms with Crippen LogP contribution in [-0.4, -0.2) is 0 Å². The molecule has 0 saturated carbocycles. The first-order chi connectivity index (χ1) is 5.98.